The van der Waals surface area contributed by atoms with Crippen LogP contribution in [0.15, 0.2) is 194 Å². The number of nitrogens with zero attached hydrogens (tertiary/aromatic N) is 5. The fourth-order valence-corrected chi connectivity index (χ4v) is 9.42. The van der Waals surface area contributed by atoms with Crippen LogP contribution in [0.5, 0.6) is 0 Å². The van der Waals surface area contributed by atoms with E-state index >= 15 is 0 Å². The van der Waals surface area contributed by atoms with Crippen LogP contribution in [0, 0.1) is 11.8 Å². The largest absolute Gasteiger partial charge is 0.312 e. The molecule has 0 saturated carbocycles. The van der Waals surface area contributed by atoms with Crippen molar-refractivity contribution < 1.29 is 0 Å². The molecule has 61 heavy (non-hydrogen) atoms. The van der Waals surface area contributed by atoms with E-state index in [1.54, 1.807) is 0 Å². The highest BCUT2D eigenvalue weighted by molar-refractivity contribution is 5.96. The summed E-state index contributed by atoms with van der Waals surface area (Å²) in [5.41, 5.74) is 18.2. The first-order valence-electron chi connectivity index (χ1n) is 21.0. The maximum atomic E-state index is 5.29. The van der Waals surface area contributed by atoms with Crippen molar-refractivity contribution in [3.05, 3.63) is 216 Å². The van der Waals surface area contributed by atoms with Gasteiger partial charge in [0.25, 0.3) is 0 Å². The lowest BCUT2D eigenvalue weighted by Crippen LogP contribution is -2.21. The van der Waals surface area contributed by atoms with Crippen LogP contribution in [0.4, 0.5) is 11.4 Å². The highest BCUT2D eigenvalue weighted by Gasteiger charge is 2.29. The van der Waals surface area contributed by atoms with Crippen LogP contribution in [0.2, 0.25) is 0 Å². The molecule has 0 aliphatic heterocycles. The van der Waals surface area contributed by atoms with Crippen molar-refractivity contribution in [3.8, 4) is 45.5 Å². The average Bonchev–Trinajstić information content (AvgIpc) is 3.89. The Labute approximate surface area is 354 Å². The Bertz CT molecular complexity index is 3420. The van der Waals surface area contributed by atoms with E-state index in [0.29, 0.717) is 0 Å². The van der Waals surface area contributed by atoms with Crippen LogP contribution in [-0.2, 0) is 6.42 Å². The van der Waals surface area contributed by atoms with Crippen LogP contribution in [0.1, 0.15) is 35.5 Å². The minimum atomic E-state index is 0.730. The van der Waals surface area contributed by atoms with Crippen molar-refractivity contribution >= 4 is 51.2 Å². The molecule has 0 bridgehead atoms. The Kier molecular flexibility index (Phi) is 8.21. The summed E-state index contributed by atoms with van der Waals surface area (Å²) in [6, 6.07) is 65.2. The van der Waals surface area contributed by atoms with Crippen LogP contribution in [0.3, 0.4) is 0 Å². The van der Waals surface area contributed by atoms with Crippen molar-refractivity contribution in [1.82, 2.24) is 18.5 Å². The van der Waals surface area contributed by atoms with Gasteiger partial charge in [-0.05, 0) is 102 Å². The summed E-state index contributed by atoms with van der Waals surface area (Å²) >= 11 is 0. The maximum absolute atomic E-state index is 5.29. The minimum Gasteiger partial charge on any atom is -0.312 e. The molecule has 2 aliphatic carbocycles. The zero-order chi connectivity index (χ0) is 40.3. The molecule has 288 valence electrons. The fourth-order valence-electron chi connectivity index (χ4n) is 9.42. The van der Waals surface area contributed by atoms with Gasteiger partial charge < -0.3 is 4.90 Å². The monoisotopic (exact) mass is 781 g/mol. The molecular weight excluding hydrogens is 743 g/mol. The molecular formula is C56H39N5. The fraction of sp³-hybridized carbons (Fsp3) is 0.0536. The van der Waals surface area contributed by atoms with Crippen LogP contribution in [-0.4, -0.2) is 18.5 Å². The van der Waals surface area contributed by atoms with Crippen molar-refractivity contribution in [1.29, 1.82) is 0 Å². The Morgan fingerprint density at radius 3 is 1.97 bits per heavy atom. The van der Waals surface area contributed by atoms with Crippen LogP contribution < -0.4 is 4.90 Å². The first-order chi connectivity index (χ1) is 30.3. The summed E-state index contributed by atoms with van der Waals surface area (Å²) in [6.07, 6.45) is 9.20. The third kappa shape index (κ3) is 5.76. The quantitative estimate of drug-likeness (QED) is 0.151. The molecule has 0 saturated heterocycles. The predicted molar refractivity (Wildman–Crippen MR) is 252 cm³/mol. The highest BCUT2D eigenvalue weighted by Crippen LogP contribution is 2.43. The maximum Gasteiger partial charge on any atom is 0.220 e. The third-order valence-electron chi connectivity index (χ3n) is 12.2. The van der Waals surface area contributed by atoms with Gasteiger partial charge in [0.05, 0.1) is 39.3 Å². The summed E-state index contributed by atoms with van der Waals surface area (Å²) in [7, 11) is 0. The number of rotatable bonds is 7. The van der Waals surface area contributed by atoms with E-state index in [1.165, 1.54) is 44.6 Å². The molecule has 0 atom stereocenters. The second-order valence-electron chi connectivity index (χ2n) is 15.7. The van der Waals surface area contributed by atoms with Gasteiger partial charge in [-0.3, -0.25) is 13.5 Å². The number of aromatic nitrogens is 4. The molecule has 0 amide bonds. The number of benzene rings is 7. The molecule has 0 N–H and O–H groups in total. The number of hydrogen-bond acceptors (Lipinski definition) is 2. The second kappa shape index (κ2) is 14.3. The van der Waals surface area contributed by atoms with Crippen molar-refractivity contribution in [2.75, 3.05) is 4.90 Å². The molecule has 3 heterocycles. The van der Waals surface area contributed by atoms with E-state index < -0.39 is 0 Å². The number of imidazole rings is 2. The van der Waals surface area contributed by atoms with Gasteiger partial charge in [-0.1, -0.05) is 145 Å². The zero-order valence-corrected chi connectivity index (χ0v) is 33.4. The van der Waals surface area contributed by atoms with Gasteiger partial charge in [0.1, 0.15) is 5.69 Å². The zero-order valence-electron chi connectivity index (χ0n) is 33.4. The number of para-hydroxylation sites is 5. The Morgan fingerprint density at radius 2 is 1.20 bits per heavy atom. The lowest BCUT2D eigenvalue weighted by molar-refractivity contribution is 0.832. The van der Waals surface area contributed by atoms with E-state index in [1.807, 2.05) is 0 Å². The van der Waals surface area contributed by atoms with Gasteiger partial charge in [-0.25, -0.2) is 4.98 Å². The van der Waals surface area contributed by atoms with Crippen LogP contribution >= 0.6 is 0 Å². The lowest BCUT2D eigenvalue weighted by atomic mass is 10.0. The molecule has 10 aromatic rings. The van der Waals surface area contributed by atoms with E-state index in [0.717, 1.165) is 75.7 Å². The summed E-state index contributed by atoms with van der Waals surface area (Å²) in [4.78, 5) is 7.77. The molecule has 0 fully saturated rings. The molecule has 0 radical (unpaired) electrons. The standard InChI is InChI=1S/C56H39N5/c1-4-16-39(17-5-1)41-28-32-43(33-29-41)58(52-26-14-15-27-53(52)60-49-23-9-3-8-20-46(49)47-21-10-12-24-50(47)60)45-36-37-54-55(38-45)61-51-25-13-11-22-48(51)57-56(61)59(54)44-34-30-42(31-35-44)40-18-6-2-7-19-40/h1-2,4-8,10-22,24-35,38H,3,36-37H2. The van der Waals surface area contributed by atoms with Gasteiger partial charge in [-0.15, -0.1) is 0 Å². The Hall–Kier alpha value is -8.07. The molecule has 12 rings (SSSR count). The van der Waals surface area contributed by atoms with Crippen LogP contribution in [0.25, 0.3) is 73.5 Å². The van der Waals surface area contributed by atoms with Crippen molar-refractivity contribution in [2.24, 2.45) is 0 Å². The third-order valence-corrected chi connectivity index (χ3v) is 12.2. The van der Waals surface area contributed by atoms with Crippen molar-refractivity contribution in [3.63, 3.8) is 0 Å². The summed E-state index contributed by atoms with van der Waals surface area (Å²) < 4.78 is 7.11. The van der Waals surface area contributed by atoms with Gasteiger partial charge in [0, 0.05) is 34.4 Å². The molecule has 7 aromatic carbocycles. The van der Waals surface area contributed by atoms with Gasteiger partial charge in [0.2, 0.25) is 5.78 Å². The van der Waals surface area contributed by atoms with Crippen molar-refractivity contribution in [2.45, 2.75) is 19.3 Å². The van der Waals surface area contributed by atoms with E-state index in [-0.39, 0.29) is 0 Å². The molecule has 3 aromatic heterocycles. The predicted octanol–water partition coefficient (Wildman–Crippen LogP) is 13.4. The smallest absolute Gasteiger partial charge is 0.220 e. The number of allylic oxidation sites excluding steroid dienone is 2. The van der Waals surface area contributed by atoms with Gasteiger partial charge in [0.15, 0.2) is 0 Å². The first-order valence-corrected chi connectivity index (χ1v) is 21.0. The molecule has 5 nitrogen and oxygen atoms in total. The second-order valence-corrected chi connectivity index (χ2v) is 15.7. The van der Waals surface area contributed by atoms with Gasteiger partial charge >= 0.3 is 0 Å². The Morgan fingerprint density at radius 1 is 0.557 bits per heavy atom. The van der Waals surface area contributed by atoms with Gasteiger partial charge in [-0.2, -0.15) is 0 Å². The van der Waals surface area contributed by atoms with E-state index in [2.05, 4.69) is 230 Å². The topological polar surface area (TPSA) is 30.4 Å². The SMILES string of the molecule is C1#Cc2c(c3ccccc3n2-c2ccccc2N(C2=Cc3c(n(-c4ccc(-c5ccccc5)cc4)c4nc5ccccc5n34)CC2)c2ccc(-c3ccccc3)cc2)C=CC1. The number of hydrogen-bond donors (Lipinski definition) is 0. The van der Waals surface area contributed by atoms with E-state index in [9.17, 15) is 0 Å². The average molecular weight is 782 g/mol. The van der Waals surface area contributed by atoms with E-state index in [4.69, 9.17) is 4.98 Å². The lowest BCUT2D eigenvalue weighted by Gasteiger charge is -2.32. The molecule has 5 heteroatoms. The minimum absolute atomic E-state index is 0.730. The summed E-state index contributed by atoms with van der Waals surface area (Å²) in [5, 5.41) is 1.20. The summed E-state index contributed by atoms with van der Waals surface area (Å²) in [5.74, 6) is 7.91. The molecule has 2 aliphatic rings. The summed E-state index contributed by atoms with van der Waals surface area (Å²) in [6.45, 7) is 0. The number of anilines is 2. The first kappa shape index (κ1) is 34.9. The number of fused-ring (bicyclic) bond motifs is 8. The normalized spacial score (nSPS) is 13.1. The molecule has 0 unspecified atom stereocenters. The highest BCUT2D eigenvalue weighted by atomic mass is 15.2. The molecule has 0 spiro atoms. The Balaban J connectivity index is 1.08.